The Balaban J connectivity index is 2.24. The number of alkyl halides is 1. The number of hydrogen-bond acceptors (Lipinski definition) is 13. The van der Waals surface area contributed by atoms with Gasteiger partial charge < -0.3 is 24.4 Å². The fourth-order valence-electron chi connectivity index (χ4n) is 3.12. The summed E-state index contributed by atoms with van der Waals surface area (Å²) in [7, 11) is -4.89. The molecule has 0 aromatic carbocycles. The van der Waals surface area contributed by atoms with Gasteiger partial charge in [-0.15, -0.1) is 0 Å². The normalized spacial score (nSPS) is 23.7. The molecule has 228 valence electrons. The average molecular weight is 602 g/mol. The van der Waals surface area contributed by atoms with Crippen molar-refractivity contribution in [3.05, 3.63) is 32.9 Å². The van der Waals surface area contributed by atoms with Gasteiger partial charge in [-0.25, -0.2) is 22.8 Å². The van der Waals surface area contributed by atoms with Gasteiger partial charge in [0.2, 0.25) is 31.0 Å². The highest BCUT2D eigenvalue weighted by atomic mass is 31.2. The molecule has 1 aromatic rings. The molecule has 0 amide bonds. The Morgan fingerprint density at radius 3 is 2.05 bits per heavy atom. The molecular formula is C22H33F2N2O13P. The molecule has 2 rings (SSSR count). The van der Waals surface area contributed by atoms with E-state index in [0.717, 1.165) is 0 Å². The van der Waals surface area contributed by atoms with Gasteiger partial charge in [-0.3, -0.25) is 28.5 Å². The van der Waals surface area contributed by atoms with Crippen LogP contribution in [0.4, 0.5) is 8.78 Å². The van der Waals surface area contributed by atoms with Crippen LogP contribution in [0.3, 0.4) is 0 Å². The molecule has 0 unspecified atom stereocenters. The average Bonchev–Trinajstić information content (AvgIpc) is 3.09. The van der Waals surface area contributed by atoms with Gasteiger partial charge in [0.25, 0.3) is 5.56 Å². The summed E-state index contributed by atoms with van der Waals surface area (Å²) in [6.07, 6.45) is -2.73. The number of nitrogens with one attached hydrogen (secondary N) is 1. The molecule has 0 bridgehead atoms. The Hall–Kier alpha value is -2.53. The lowest BCUT2D eigenvalue weighted by Gasteiger charge is -2.32. The number of hydrogen-bond donors (Lipinski definition) is 3. The first-order valence-corrected chi connectivity index (χ1v) is 13.2. The SMILES string of the molecule is CC(C)(C)C(=O)OCOP(=O)(OCOC(=O)C(C)(C)C)OC[C@]1(F)C[C@@H](O)[C@](CO)(n2cc(F)c(=O)[nH]c2=O)O1. The lowest BCUT2D eigenvalue weighted by atomic mass is 9.98. The van der Waals surface area contributed by atoms with Crippen molar-refractivity contribution in [2.45, 2.75) is 65.6 Å². The summed E-state index contributed by atoms with van der Waals surface area (Å²) in [4.78, 5) is 49.1. The van der Waals surface area contributed by atoms with Gasteiger partial charge in [-0.2, -0.15) is 4.39 Å². The zero-order chi connectivity index (χ0) is 30.7. The molecule has 0 saturated carbocycles. The standard InChI is InChI=1S/C22H33F2N2O13P/c1-19(2,3)16(30)34-11-37-40(33,38-12-35-17(31)20(4,5)6)36-10-21(24)7-14(28)22(9-27,39-21)26-8-13(23)15(29)25-18(26)32/h8,14,27-28H,7,9-12H2,1-6H3,(H,25,29,32)/t14-,21+,22-/m1/s1. The van der Waals surface area contributed by atoms with Crippen LogP contribution in [0.5, 0.6) is 0 Å². The predicted molar refractivity (Wildman–Crippen MR) is 128 cm³/mol. The van der Waals surface area contributed by atoms with Crippen LogP contribution >= 0.6 is 7.82 Å². The molecular weight excluding hydrogens is 569 g/mol. The first kappa shape index (κ1) is 33.7. The maximum absolute atomic E-state index is 15.7. The number of nitrogens with zero attached hydrogens (tertiary/aromatic N) is 1. The van der Waals surface area contributed by atoms with Crippen LogP contribution in [0.1, 0.15) is 48.0 Å². The molecule has 1 aromatic heterocycles. The number of aliphatic hydroxyl groups excluding tert-OH is 2. The monoisotopic (exact) mass is 602 g/mol. The fourth-order valence-corrected chi connectivity index (χ4v) is 4.06. The number of phosphoric acid groups is 1. The zero-order valence-electron chi connectivity index (χ0n) is 22.7. The van der Waals surface area contributed by atoms with Gasteiger partial charge in [-0.05, 0) is 41.5 Å². The van der Waals surface area contributed by atoms with Gasteiger partial charge in [0.05, 0.1) is 23.6 Å². The number of aliphatic hydroxyl groups is 2. The van der Waals surface area contributed by atoms with E-state index in [1.165, 1.54) is 41.5 Å². The number of rotatable bonds is 11. The summed E-state index contributed by atoms with van der Waals surface area (Å²) >= 11 is 0. The number of aromatic amines is 1. The van der Waals surface area contributed by atoms with Crippen LogP contribution in [0.15, 0.2) is 15.8 Å². The third kappa shape index (κ3) is 8.02. The first-order chi connectivity index (χ1) is 18.2. The minimum Gasteiger partial charge on any atom is -0.437 e. The number of H-pyrrole nitrogens is 1. The van der Waals surface area contributed by atoms with Crippen LogP contribution in [0, 0.1) is 16.6 Å². The Labute approximate surface area is 226 Å². The Bertz CT molecular complexity index is 1220. The molecule has 1 aliphatic heterocycles. The van der Waals surface area contributed by atoms with Crippen LogP contribution in [-0.2, 0) is 47.7 Å². The highest BCUT2D eigenvalue weighted by Crippen LogP contribution is 2.52. The number of aromatic nitrogens is 2. The van der Waals surface area contributed by atoms with Crippen molar-refractivity contribution in [1.82, 2.24) is 9.55 Å². The van der Waals surface area contributed by atoms with E-state index in [1.807, 2.05) is 0 Å². The van der Waals surface area contributed by atoms with Gasteiger partial charge >= 0.3 is 25.5 Å². The lowest BCUT2D eigenvalue weighted by Crippen LogP contribution is -2.53. The fraction of sp³-hybridized carbons (Fsp3) is 0.727. The highest BCUT2D eigenvalue weighted by molar-refractivity contribution is 7.48. The molecule has 0 spiro atoms. The van der Waals surface area contributed by atoms with Crippen LogP contribution in [-0.4, -0.2) is 70.5 Å². The largest absolute Gasteiger partial charge is 0.480 e. The molecule has 40 heavy (non-hydrogen) atoms. The summed E-state index contributed by atoms with van der Waals surface area (Å²) in [5.74, 6) is -6.15. The second-order valence-corrected chi connectivity index (χ2v) is 12.6. The zero-order valence-corrected chi connectivity index (χ0v) is 23.6. The van der Waals surface area contributed by atoms with Gasteiger partial charge in [-0.1, -0.05) is 0 Å². The Kier molecular flexibility index (Phi) is 10.2. The van der Waals surface area contributed by atoms with Crippen LogP contribution in [0.25, 0.3) is 0 Å². The number of halogens is 2. The van der Waals surface area contributed by atoms with E-state index in [4.69, 9.17) is 27.8 Å². The molecule has 1 aliphatic rings. The van der Waals surface area contributed by atoms with Crippen molar-refractivity contribution in [3.63, 3.8) is 0 Å². The molecule has 0 radical (unpaired) electrons. The summed E-state index contributed by atoms with van der Waals surface area (Å²) < 4.78 is 72.5. The van der Waals surface area contributed by atoms with E-state index in [-0.39, 0.29) is 4.57 Å². The van der Waals surface area contributed by atoms with Crippen molar-refractivity contribution < 1.29 is 60.9 Å². The van der Waals surface area contributed by atoms with E-state index >= 15 is 4.39 Å². The quantitative estimate of drug-likeness (QED) is 0.184. The Morgan fingerprint density at radius 2 is 1.60 bits per heavy atom. The van der Waals surface area contributed by atoms with Crippen molar-refractivity contribution in [1.29, 1.82) is 0 Å². The summed E-state index contributed by atoms with van der Waals surface area (Å²) in [6.45, 7) is 4.55. The maximum Gasteiger partial charge on any atom is 0.480 e. The second-order valence-electron chi connectivity index (χ2n) is 10.9. The van der Waals surface area contributed by atoms with Crippen LogP contribution < -0.4 is 11.2 Å². The minimum absolute atomic E-state index is 0.250. The summed E-state index contributed by atoms with van der Waals surface area (Å²) in [5, 5.41) is 20.4. The summed E-state index contributed by atoms with van der Waals surface area (Å²) in [6, 6.07) is 0. The van der Waals surface area contributed by atoms with Crippen molar-refractivity contribution >= 4 is 19.8 Å². The maximum atomic E-state index is 15.7. The third-order valence-electron chi connectivity index (χ3n) is 5.38. The van der Waals surface area contributed by atoms with E-state index < -0.39 is 98.6 Å². The number of phosphoric ester groups is 1. The number of carbonyl (C=O) groups is 2. The topological polar surface area (TPSA) is 202 Å². The van der Waals surface area contributed by atoms with E-state index in [0.29, 0.717) is 6.20 Å². The van der Waals surface area contributed by atoms with Crippen molar-refractivity contribution in [2.24, 2.45) is 10.8 Å². The van der Waals surface area contributed by atoms with Gasteiger partial charge in [0.1, 0.15) is 12.7 Å². The van der Waals surface area contributed by atoms with Crippen LogP contribution in [0.2, 0.25) is 0 Å². The van der Waals surface area contributed by atoms with E-state index in [2.05, 4.69) is 0 Å². The smallest absolute Gasteiger partial charge is 0.437 e. The molecule has 3 N–H and O–H groups in total. The van der Waals surface area contributed by atoms with Crippen molar-refractivity contribution in [2.75, 3.05) is 26.8 Å². The molecule has 1 fully saturated rings. The Morgan fingerprint density at radius 1 is 1.10 bits per heavy atom. The molecule has 18 heteroatoms. The molecule has 0 aliphatic carbocycles. The third-order valence-corrected chi connectivity index (χ3v) is 6.66. The number of esters is 2. The highest BCUT2D eigenvalue weighted by Gasteiger charge is 2.59. The first-order valence-electron chi connectivity index (χ1n) is 11.8. The van der Waals surface area contributed by atoms with Crippen molar-refractivity contribution in [3.8, 4) is 0 Å². The van der Waals surface area contributed by atoms with Gasteiger partial charge in [0, 0.05) is 6.42 Å². The molecule has 15 nitrogen and oxygen atoms in total. The summed E-state index contributed by atoms with van der Waals surface area (Å²) in [5.41, 5.74) is -7.33. The van der Waals surface area contributed by atoms with E-state index in [1.54, 1.807) is 4.98 Å². The van der Waals surface area contributed by atoms with Gasteiger partial charge in [0.15, 0.2) is 0 Å². The molecule has 3 atom stereocenters. The molecule has 1 saturated heterocycles. The molecule has 2 heterocycles. The second kappa shape index (κ2) is 12.1. The minimum atomic E-state index is -4.89. The lowest BCUT2D eigenvalue weighted by molar-refractivity contribution is -0.247. The number of ether oxygens (including phenoxy) is 3. The number of carbonyl (C=O) groups excluding carboxylic acids is 2. The predicted octanol–water partition coefficient (Wildman–Crippen LogP) is 1.02. The van der Waals surface area contributed by atoms with E-state index in [9.17, 15) is 38.3 Å².